The molecule has 0 aliphatic rings. The Morgan fingerprint density at radius 3 is 2.45 bits per heavy atom. The maximum absolute atomic E-state index is 13.1. The number of rotatable bonds is 8. The molecular formula is C24H22N2O2S. The fraction of sp³-hybridized carbons (Fsp3) is 0.125. The van der Waals surface area contributed by atoms with E-state index in [1.165, 1.54) is 4.88 Å². The van der Waals surface area contributed by atoms with Crippen molar-refractivity contribution in [2.75, 3.05) is 11.6 Å². The number of aryl methyl sites for hydroxylation is 1. The third-order valence-corrected chi connectivity index (χ3v) is 5.54. The lowest BCUT2D eigenvalue weighted by molar-refractivity contribution is 0.0974. The first-order chi connectivity index (χ1) is 14.3. The van der Waals surface area contributed by atoms with Gasteiger partial charge in [0, 0.05) is 22.5 Å². The van der Waals surface area contributed by atoms with E-state index in [2.05, 4.69) is 22.9 Å². The number of carbonyl (C=O) groups is 1. The van der Waals surface area contributed by atoms with Crippen LogP contribution in [0.15, 0.2) is 94.9 Å². The van der Waals surface area contributed by atoms with E-state index in [0.29, 0.717) is 12.1 Å². The summed E-state index contributed by atoms with van der Waals surface area (Å²) < 4.78 is 5.46. The third kappa shape index (κ3) is 4.83. The number of nitrogens with one attached hydrogen (secondary N) is 1. The standard InChI is InChI=1S/C24H22N2O2S/c27-24(20-7-2-1-3-8-20)26(25-16-4-9-22-10-6-18-29-22)21-14-12-19(13-15-21)23-11-5-17-28-23/h1-3,5-8,10-15,17-18,25H,4,9,16H2. The largest absolute Gasteiger partial charge is 0.464 e. The lowest BCUT2D eigenvalue weighted by Crippen LogP contribution is -2.43. The van der Waals surface area contributed by atoms with Gasteiger partial charge in [0.15, 0.2) is 0 Å². The van der Waals surface area contributed by atoms with Crippen LogP contribution in [0.4, 0.5) is 5.69 Å². The van der Waals surface area contributed by atoms with E-state index in [1.807, 2.05) is 66.7 Å². The number of amides is 1. The molecule has 1 N–H and O–H groups in total. The van der Waals surface area contributed by atoms with Crippen molar-refractivity contribution in [2.24, 2.45) is 0 Å². The van der Waals surface area contributed by atoms with Gasteiger partial charge in [-0.1, -0.05) is 24.3 Å². The zero-order valence-electron chi connectivity index (χ0n) is 16.0. The van der Waals surface area contributed by atoms with E-state index in [-0.39, 0.29) is 5.91 Å². The van der Waals surface area contributed by atoms with Gasteiger partial charge in [0.2, 0.25) is 0 Å². The van der Waals surface area contributed by atoms with Gasteiger partial charge in [-0.2, -0.15) is 0 Å². The summed E-state index contributed by atoms with van der Waals surface area (Å²) in [7, 11) is 0. The van der Waals surface area contributed by atoms with E-state index in [0.717, 1.165) is 29.9 Å². The van der Waals surface area contributed by atoms with E-state index in [9.17, 15) is 4.79 Å². The van der Waals surface area contributed by atoms with Gasteiger partial charge in [-0.3, -0.25) is 4.79 Å². The van der Waals surface area contributed by atoms with Crippen molar-refractivity contribution in [3.63, 3.8) is 0 Å². The first-order valence-corrected chi connectivity index (χ1v) is 10.5. The van der Waals surface area contributed by atoms with Gasteiger partial charge in [0.25, 0.3) is 5.91 Å². The van der Waals surface area contributed by atoms with Crippen molar-refractivity contribution in [3.8, 4) is 11.3 Å². The molecule has 0 aliphatic carbocycles. The van der Waals surface area contributed by atoms with Crippen LogP contribution in [0.5, 0.6) is 0 Å². The molecule has 0 saturated heterocycles. The van der Waals surface area contributed by atoms with E-state index in [1.54, 1.807) is 22.6 Å². The molecule has 29 heavy (non-hydrogen) atoms. The average Bonchev–Trinajstić information content (AvgIpc) is 3.49. The summed E-state index contributed by atoms with van der Waals surface area (Å²) in [6.45, 7) is 0.705. The minimum absolute atomic E-state index is 0.0764. The zero-order chi connectivity index (χ0) is 19.9. The highest BCUT2D eigenvalue weighted by molar-refractivity contribution is 7.09. The highest BCUT2D eigenvalue weighted by Crippen LogP contribution is 2.24. The van der Waals surface area contributed by atoms with Crippen LogP contribution < -0.4 is 10.4 Å². The molecule has 4 nitrogen and oxygen atoms in total. The van der Waals surface area contributed by atoms with Crippen LogP contribution in [-0.2, 0) is 6.42 Å². The van der Waals surface area contributed by atoms with Crippen LogP contribution in [0, 0.1) is 0 Å². The molecule has 0 radical (unpaired) electrons. The molecule has 0 unspecified atom stereocenters. The predicted octanol–water partition coefficient (Wildman–Crippen LogP) is 5.79. The predicted molar refractivity (Wildman–Crippen MR) is 118 cm³/mol. The van der Waals surface area contributed by atoms with Crippen LogP contribution >= 0.6 is 11.3 Å². The van der Waals surface area contributed by atoms with E-state index in [4.69, 9.17) is 4.42 Å². The Bertz CT molecular complexity index is 1010. The quantitative estimate of drug-likeness (QED) is 0.300. The molecule has 2 aromatic carbocycles. The highest BCUT2D eigenvalue weighted by Gasteiger charge is 2.17. The molecule has 4 aromatic rings. The number of hydrazine groups is 1. The Morgan fingerprint density at radius 2 is 1.76 bits per heavy atom. The second kappa shape index (κ2) is 9.37. The number of furan rings is 1. The molecule has 0 bridgehead atoms. The zero-order valence-corrected chi connectivity index (χ0v) is 16.8. The monoisotopic (exact) mass is 402 g/mol. The summed E-state index contributed by atoms with van der Waals surface area (Å²) in [5.74, 6) is 0.730. The smallest absolute Gasteiger partial charge is 0.272 e. The van der Waals surface area contributed by atoms with Gasteiger partial charge in [0.1, 0.15) is 5.76 Å². The van der Waals surface area contributed by atoms with Crippen LogP contribution in [-0.4, -0.2) is 12.5 Å². The molecule has 0 saturated carbocycles. The third-order valence-electron chi connectivity index (χ3n) is 4.60. The van der Waals surface area contributed by atoms with Gasteiger partial charge < -0.3 is 4.42 Å². The summed E-state index contributed by atoms with van der Waals surface area (Å²) in [6, 6.07) is 25.1. The van der Waals surface area contributed by atoms with Crippen LogP contribution in [0.2, 0.25) is 0 Å². The summed E-state index contributed by atoms with van der Waals surface area (Å²) in [5, 5.41) is 3.73. The van der Waals surface area contributed by atoms with Crippen LogP contribution in [0.1, 0.15) is 21.7 Å². The van der Waals surface area contributed by atoms with Gasteiger partial charge in [-0.05, 0) is 72.8 Å². The molecule has 5 heteroatoms. The Kier molecular flexibility index (Phi) is 6.19. The summed E-state index contributed by atoms with van der Waals surface area (Å²) >= 11 is 1.76. The molecule has 2 aromatic heterocycles. The minimum atomic E-state index is -0.0764. The minimum Gasteiger partial charge on any atom is -0.464 e. The summed E-state index contributed by atoms with van der Waals surface area (Å²) in [6.07, 6.45) is 3.60. The number of hydrogen-bond acceptors (Lipinski definition) is 4. The Hall–Kier alpha value is -3.15. The number of anilines is 1. The molecule has 0 atom stereocenters. The van der Waals surface area contributed by atoms with E-state index < -0.39 is 0 Å². The Balaban J connectivity index is 1.50. The van der Waals surface area contributed by atoms with Gasteiger partial charge in [0.05, 0.1) is 12.0 Å². The van der Waals surface area contributed by atoms with Crippen molar-refractivity contribution in [2.45, 2.75) is 12.8 Å². The van der Waals surface area contributed by atoms with Gasteiger partial charge in [-0.25, -0.2) is 10.4 Å². The Morgan fingerprint density at radius 1 is 0.931 bits per heavy atom. The number of thiophene rings is 1. The SMILES string of the molecule is O=C(c1ccccc1)N(NCCCc1cccs1)c1ccc(-c2ccco2)cc1. The topological polar surface area (TPSA) is 45.5 Å². The fourth-order valence-electron chi connectivity index (χ4n) is 3.12. The van der Waals surface area contributed by atoms with Crippen LogP contribution in [0.25, 0.3) is 11.3 Å². The van der Waals surface area contributed by atoms with Crippen molar-refractivity contribution in [3.05, 3.63) is 101 Å². The van der Waals surface area contributed by atoms with Crippen molar-refractivity contribution >= 4 is 22.9 Å². The molecule has 0 spiro atoms. The maximum atomic E-state index is 13.1. The molecular weight excluding hydrogens is 380 g/mol. The number of hydrogen-bond donors (Lipinski definition) is 1. The van der Waals surface area contributed by atoms with Crippen molar-refractivity contribution < 1.29 is 9.21 Å². The maximum Gasteiger partial charge on any atom is 0.272 e. The van der Waals surface area contributed by atoms with Crippen molar-refractivity contribution in [1.82, 2.24) is 5.43 Å². The Labute approximate surface area is 174 Å². The second-order valence-corrected chi connectivity index (χ2v) is 7.65. The second-order valence-electron chi connectivity index (χ2n) is 6.62. The molecule has 0 fully saturated rings. The van der Waals surface area contributed by atoms with Crippen LogP contribution in [0.3, 0.4) is 0 Å². The molecule has 1 amide bonds. The molecule has 2 heterocycles. The highest BCUT2D eigenvalue weighted by atomic mass is 32.1. The van der Waals surface area contributed by atoms with E-state index >= 15 is 0 Å². The average molecular weight is 403 g/mol. The van der Waals surface area contributed by atoms with Gasteiger partial charge >= 0.3 is 0 Å². The molecule has 146 valence electrons. The van der Waals surface area contributed by atoms with Crippen molar-refractivity contribution in [1.29, 1.82) is 0 Å². The lowest BCUT2D eigenvalue weighted by Gasteiger charge is -2.24. The first kappa shape index (κ1) is 19.2. The summed E-state index contributed by atoms with van der Waals surface area (Å²) in [5.41, 5.74) is 5.73. The number of benzene rings is 2. The number of carbonyl (C=O) groups excluding carboxylic acids is 1. The number of nitrogens with zero attached hydrogens (tertiary/aromatic N) is 1. The lowest BCUT2D eigenvalue weighted by atomic mass is 10.1. The normalized spacial score (nSPS) is 10.8. The first-order valence-electron chi connectivity index (χ1n) is 9.60. The summed E-state index contributed by atoms with van der Waals surface area (Å²) in [4.78, 5) is 14.5. The van der Waals surface area contributed by atoms with Gasteiger partial charge in [-0.15, -0.1) is 11.3 Å². The molecule has 4 rings (SSSR count). The fourth-order valence-corrected chi connectivity index (χ4v) is 3.87. The molecule has 0 aliphatic heterocycles.